The van der Waals surface area contributed by atoms with Crippen molar-refractivity contribution in [3.8, 4) is 11.5 Å². The number of ether oxygens (including phenoxy) is 2. The molecule has 1 N–H and O–H groups in total. The van der Waals surface area contributed by atoms with E-state index in [1.807, 2.05) is 26.0 Å². The normalized spacial score (nSPS) is 12.8. The molecule has 5 nitrogen and oxygen atoms in total. The lowest BCUT2D eigenvalue weighted by atomic mass is 9.98. The second-order valence-corrected chi connectivity index (χ2v) is 8.09. The lowest BCUT2D eigenvalue weighted by Gasteiger charge is -2.21. The third kappa shape index (κ3) is 4.95. The first-order valence-corrected chi connectivity index (χ1v) is 9.75. The molecule has 0 aromatic heterocycles. The molecule has 0 heterocycles. The molecule has 0 saturated carbocycles. The predicted octanol–water partition coefficient (Wildman–Crippen LogP) is 3.91. The van der Waals surface area contributed by atoms with Crippen LogP contribution >= 0.6 is 0 Å². The zero-order chi connectivity index (χ0) is 19.3. The van der Waals surface area contributed by atoms with Crippen LogP contribution in [-0.4, -0.2) is 22.6 Å². The van der Waals surface area contributed by atoms with Gasteiger partial charge in [-0.1, -0.05) is 26.0 Å². The second-order valence-electron chi connectivity index (χ2n) is 6.37. The number of sulfonamides is 1. The Morgan fingerprint density at radius 1 is 1.04 bits per heavy atom. The van der Waals surface area contributed by atoms with Crippen LogP contribution < -0.4 is 14.2 Å². The van der Waals surface area contributed by atoms with Crippen LogP contribution in [0.5, 0.6) is 11.5 Å². The average molecular weight is 381 g/mol. The molecular formula is C19H24FNO4S. The van der Waals surface area contributed by atoms with E-state index >= 15 is 0 Å². The van der Waals surface area contributed by atoms with Gasteiger partial charge in [-0.05, 0) is 48.2 Å². The molecule has 0 amide bonds. The number of hydrogen-bond donors (Lipinski definition) is 1. The van der Waals surface area contributed by atoms with Crippen LogP contribution in [0.25, 0.3) is 0 Å². The Morgan fingerprint density at radius 2 is 1.69 bits per heavy atom. The Bertz CT molecular complexity index is 835. The highest BCUT2D eigenvalue weighted by atomic mass is 32.2. The molecular weight excluding hydrogens is 357 g/mol. The minimum absolute atomic E-state index is 0.00200. The second kappa shape index (κ2) is 8.51. The predicted molar refractivity (Wildman–Crippen MR) is 98.5 cm³/mol. The summed E-state index contributed by atoms with van der Waals surface area (Å²) in [4.78, 5) is -0.141. The average Bonchev–Trinajstić information content (AvgIpc) is 2.60. The molecule has 7 heteroatoms. The highest BCUT2D eigenvalue weighted by molar-refractivity contribution is 7.89. The van der Waals surface area contributed by atoms with E-state index in [0.717, 1.165) is 11.6 Å². The zero-order valence-corrected chi connectivity index (χ0v) is 16.1. The number of rotatable bonds is 8. The number of methoxy groups -OCH3 is 2. The molecule has 142 valence electrons. The smallest absolute Gasteiger partial charge is 0.241 e. The summed E-state index contributed by atoms with van der Waals surface area (Å²) >= 11 is 0. The molecule has 2 aromatic rings. The van der Waals surface area contributed by atoms with Crippen molar-refractivity contribution in [1.82, 2.24) is 4.72 Å². The quantitative estimate of drug-likeness (QED) is 0.753. The first-order valence-electron chi connectivity index (χ1n) is 8.26. The van der Waals surface area contributed by atoms with Gasteiger partial charge in [0.2, 0.25) is 10.0 Å². The summed E-state index contributed by atoms with van der Waals surface area (Å²) in [6.07, 6.45) is 0.601. The van der Waals surface area contributed by atoms with Crippen molar-refractivity contribution in [2.75, 3.05) is 14.2 Å². The minimum atomic E-state index is -3.89. The zero-order valence-electron chi connectivity index (χ0n) is 15.3. The van der Waals surface area contributed by atoms with Crippen molar-refractivity contribution >= 4 is 10.0 Å². The van der Waals surface area contributed by atoms with E-state index in [0.29, 0.717) is 12.2 Å². The Hall–Kier alpha value is -2.12. The van der Waals surface area contributed by atoms with Gasteiger partial charge in [-0.3, -0.25) is 0 Å². The van der Waals surface area contributed by atoms with Crippen molar-refractivity contribution in [2.45, 2.75) is 31.2 Å². The Balaban J connectivity index is 2.32. The maximum atomic E-state index is 13.9. The minimum Gasteiger partial charge on any atom is -0.497 e. The highest BCUT2D eigenvalue weighted by Crippen LogP contribution is 2.27. The van der Waals surface area contributed by atoms with Crippen molar-refractivity contribution in [3.63, 3.8) is 0 Å². The van der Waals surface area contributed by atoms with Crippen molar-refractivity contribution in [1.29, 1.82) is 0 Å². The molecule has 0 bridgehead atoms. The van der Waals surface area contributed by atoms with Gasteiger partial charge in [-0.15, -0.1) is 0 Å². The lowest BCUT2D eigenvalue weighted by Crippen LogP contribution is -2.29. The molecule has 0 spiro atoms. The van der Waals surface area contributed by atoms with Crippen LogP contribution in [-0.2, 0) is 10.0 Å². The van der Waals surface area contributed by atoms with Gasteiger partial charge >= 0.3 is 0 Å². The van der Waals surface area contributed by atoms with E-state index in [1.54, 1.807) is 19.2 Å². The van der Waals surface area contributed by atoms with Crippen molar-refractivity contribution < 1.29 is 22.3 Å². The summed E-state index contributed by atoms with van der Waals surface area (Å²) in [6.45, 7) is 4.02. The largest absolute Gasteiger partial charge is 0.497 e. The van der Waals surface area contributed by atoms with Gasteiger partial charge in [0.1, 0.15) is 5.75 Å². The molecule has 0 aliphatic heterocycles. The number of benzene rings is 2. The Morgan fingerprint density at radius 3 is 2.19 bits per heavy atom. The molecule has 0 saturated heterocycles. The molecule has 0 fully saturated rings. The lowest BCUT2D eigenvalue weighted by molar-refractivity contribution is 0.385. The molecule has 2 aromatic carbocycles. The van der Waals surface area contributed by atoms with Crippen molar-refractivity contribution in [2.24, 2.45) is 5.92 Å². The summed E-state index contributed by atoms with van der Waals surface area (Å²) in [7, 11) is -0.996. The fourth-order valence-corrected chi connectivity index (χ4v) is 3.88. The third-order valence-electron chi connectivity index (χ3n) is 3.96. The molecule has 26 heavy (non-hydrogen) atoms. The summed E-state index contributed by atoms with van der Waals surface area (Å²) in [6, 6.07) is 10.4. The number of nitrogens with one attached hydrogen (secondary N) is 1. The first kappa shape index (κ1) is 20.2. The molecule has 1 unspecified atom stereocenters. The SMILES string of the molecule is COc1ccc(C(CC(C)C)NS(=O)(=O)c2ccc(OC)c(F)c2)cc1. The van der Waals surface area contributed by atoms with E-state index < -0.39 is 21.9 Å². The van der Waals surface area contributed by atoms with E-state index in [4.69, 9.17) is 9.47 Å². The van der Waals surface area contributed by atoms with Gasteiger partial charge in [0.05, 0.1) is 19.1 Å². The molecule has 0 aliphatic rings. The standard InChI is InChI=1S/C19H24FNO4S/c1-13(2)11-18(14-5-7-15(24-3)8-6-14)21-26(22,23)16-9-10-19(25-4)17(20)12-16/h5-10,12-13,18,21H,11H2,1-4H3. The molecule has 2 rings (SSSR count). The van der Waals surface area contributed by atoms with Crippen LogP contribution in [0, 0.1) is 11.7 Å². The highest BCUT2D eigenvalue weighted by Gasteiger charge is 2.23. The number of halogens is 1. The van der Waals surface area contributed by atoms with Gasteiger partial charge < -0.3 is 9.47 Å². The Kier molecular flexibility index (Phi) is 6.61. The monoisotopic (exact) mass is 381 g/mol. The maximum Gasteiger partial charge on any atom is 0.241 e. The Labute approximate surface area is 154 Å². The van der Waals surface area contributed by atoms with Gasteiger partial charge in [0.15, 0.2) is 11.6 Å². The van der Waals surface area contributed by atoms with Gasteiger partial charge in [-0.25, -0.2) is 17.5 Å². The topological polar surface area (TPSA) is 64.6 Å². The maximum absolute atomic E-state index is 13.9. The third-order valence-corrected chi connectivity index (χ3v) is 5.43. The van der Waals surface area contributed by atoms with Crippen LogP contribution in [0.2, 0.25) is 0 Å². The fourth-order valence-electron chi connectivity index (χ4n) is 2.63. The molecule has 0 radical (unpaired) electrons. The summed E-state index contributed by atoms with van der Waals surface area (Å²) in [5.74, 6) is 0.229. The van der Waals surface area contributed by atoms with Gasteiger partial charge in [0, 0.05) is 6.04 Å². The fraction of sp³-hybridized carbons (Fsp3) is 0.368. The number of hydrogen-bond acceptors (Lipinski definition) is 4. The van der Waals surface area contributed by atoms with Crippen LogP contribution in [0.4, 0.5) is 4.39 Å². The van der Waals surface area contributed by atoms with Gasteiger partial charge in [-0.2, -0.15) is 0 Å². The van der Waals surface area contributed by atoms with Crippen LogP contribution in [0.1, 0.15) is 31.9 Å². The van der Waals surface area contributed by atoms with Crippen LogP contribution in [0.15, 0.2) is 47.4 Å². The van der Waals surface area contributed by atoms with E-state index in [1.165, 1.54) is 19.2 Å². The summed E-state index contributed by atoms with van der Waals surface area (Å²) in [5.41, 5.74) is 0.817. The van der Waals surface area contributed by atoms with E-state index in [2.05, 4.69) is 4.72 Å². The molecule has 1 atom stereocenters. The van der Waals surface area contributed by atoms with Crippen LogP contribution in [0.3, 0.4) is 0 Å². The molecule has 0 aliphatic carbocycles. The van der Waals surface area contributed by atoms with Crippen molar-refractivity contribution in [3.05, 3.63) is 53.8 Å². The summed E-state index contributed by atoms with van der Waals surface area (Å²) in [5, 5.41) is 0. The summed E-state index contributed by atoms with van der Waals surface area (Å²) < 4.78 is 52.0. The van der Waals surface area contributed by atoms with E-state index in [-0.39, 0.29) is 16.6 Å². The first-order chi connectivity index (χ1) is 12.3. The van der Waals surface area contributed by atoms with Gasteiger partial charge in [0.25, 0.3) is 0 Å². The van der Waals surface area contributed by atoms with E-state index in [9.17, 15) is 12.8 Å².